The van der Waals surface area contributed by atoms with E-state index in [0.717, 1.165) is 12.8 Å². The molecule has 84 valence electrons. The van der Waals surface area contributed by atoms with Crippen LogP contribution in [0.3, 0.4) is 0 Å². The highest BCUT2D eigenvalue weighted by Crippen LogP contribution is 2.14. The standard InChI is InChI=1S/C16H20/c1-4-5-9-14(2)12-13-15(3)16-10-7-6-8-11-16/h4,6-8,10-13H,1,5,9H2,2-3H3/b14-12+,15-13+. The Morgan fingerprint density at radius 3 is 2.44 bits per heavy atom. The number of benzene rings is 1. The summed E-state index contributed by atoms with van der Waals surface area (Å²) in [5, 5.41) is 0. The highest BCUT2D eigenvalue weighted by atomic mass is 14.0. The molecule has 0 heterocycles. The van der Waals surface area contributed by atoms with Gasteiger partial charge in [0.2, 0.25) is 0 Å². The first-order chi connectivity index (χ1) is 7.74. The molecule has 0 unspecified atom stereocenters. The van der Waals surface area contributed by atoms with Crippen molar-refractivity contribution in [3.8, 4) is 0 Å². The van der Waals surface area contributed by atoms with Crippen LogP contribution in [0.2, 0.25) is 0 Å². The van der Waals surface area contributed by atoms with Crippen LogP contribution in [0.15, 0.2) is 60.7 Å². The van der Waals surface area contributed by atoms with Crippen LogP contribution in [0.4, 0.5) is 0 Å². The van der Waals surface area contributed by atoms with E-state index < -0.39 is 0 Å². The zero-order valence-corrected chi connectivity index (χ0v) is 10.2. The molecule has 0 heteroatoms. The Morgan fingerprint density at radius 2 is 1.81 bits per heavy atom. The Balaban J connectivity index is 2.67. The van der Waals surface area contributed by atoms with Gasteiger partial charge in [0.1, 0.15) is 0 Å². The summed E-state index contributed by atoms with van der Waals surface area (Å²) in [6, 6.07) is 10.5. The van der Waals surface area contributed by atoms with Gasteiger partial charge in [-0.05, 0) is 37.8 Å². The van der Waals surface area contributed by atoms with Crippen LogP contribution in [-0.4, -0.2) is 0 Å². The Kier molecular flexibility index (Phi) is 5.35. The molecule has 1 aromatic rings. The molecule has 0 bridgehead atoms. The molecule has 0 radical (unpaired) electrons. The second-order valence-corrected chi connectivity index (χ2v) is 4.06. The van der Waals surface area contributed by atoms with E-state index in [0.29, 0.717) is 0 Å². The topological polar surface area (TPSA) is 0 Å². The van der Waals surface area contributed by atoms with Crippen molar-refractivity contribution in [3.05, 3.63) is 66.3 Å². The van der Waals surface area contributed by atoms with E-state index in [1.54, 1.807) is 0 Å². The fourth-order valence-corrected chi connectivity index (χ4v) is 1.48. The first kappa shape index (κ1) is 12.5. The van der Waals surface area contributed by atoms with Crippen LogP contribution in [0.25, 0.3) is 5.57 Å². The average Bonchev–Trinajstić information content (AvgIpc) is 2.34. The van der Waals surface area contributed by atoms with E-state index in [1.807, 2.05) is 12.1 Å². The van der Waals surface area contributed by atoms with Gasteiger partial charge < -0.3 is 0 Å². The highest BCUT2D eigenvalue weighted by molar-refractivity contribution is 5.65. The molecule has 0 fully saturated rings. The molecular formula is C16H20. The normalized spacial score (nSPS) is 12.6. The molecule has 0 atom stereocenters. The van der Waals surface area contributed by atoms with Crippen LogP contribution in [0, 0.1) is 0 Å². The summed E-state index contributed by atoms with van der Waals surface area (Å²) in [5.41, 5.74) is 3.99. The molecule has 0 aliphatic heterocycles. The maximum Gasteiger partial charge on any atom is -0.0227 e. The minimum Gasteiger partial charge on any atom is -0.103 e. The highest BCUT2D eigenvalue weighted by Gasteiger charge is 1.92. The maximum atomic E-state index is 3.73. The molecule has 0 spiro atoms. The maximum absolute atomic E-state index is 3.73. The number of allylic oxidation sites excluding steroid dienone is 5. The molecule has 0 aromatic heterocycles. The quantitative estimate of drug-likeness (QED) is 0.476. The second kappa shape index (κ2) is 6.84. The van der Waals surface area contributed by atoms with Crippen molar-refractivity contribution >= 4 is 5.57 Å². The molecule has 0 saturated carbocycles. The molecule has 1 rings (SSSR count). The van der Waals surface area contributed by atoms with Crippen molar-refractivity contribution in [2.45, 2.75) is 26.7 Å². The van der Waals surface area contributed by atoms with Crippen LogP contribution < -0.4 is 0 Å². The molecule has 0 nitrogen and oxygen atoms in total. The molecule has 1 aromatic carbocycles. The second-order valence-electron chi connectivity index (χ2n) is 4.06. The van der Waals surface area contributed by atoms with Crippen LogP contribution >= 0.6 is 0 Å². The van der Waals surface area contributed by atoms with Gasteiger partial charge in [0.25, 0.3) is 0 Å². The van der Waals surface area contributed by atoms with Gasteiger partial charge in [0.05, 0.1) is 0 Å². The van der Waals surface area contributed by atoms with E-state index >= 15 is 0 Å². The van der Waals surface area contributed by atoms with Crippen molar-refractivity contribution in [2.75, 3.05) is 0 Å². The minimum absolute atomic E-state index is 1.06. The zero-order valence-electron chi connectivity index (χ0n) is 10.2. The van der Waals surface area contributed by atoms with E-state index in [1.165, 1.54) is 16.7 Å². The third kappa shape index (κ3) is 4.31. The minimum atomic E-state index is 1.06. The summed E-state index contributed by atoms with van der Waals surface area (Å²) in [5.74, 6) is 0. The van der Waals surface area contributed by atoms with Gasteiger partial charge in [0.15, 0.2) is 0 Å². The van der Waals surface area contributed by atoms with Crippen molar-refractivity contribution in [2.24, 2.45) is 0 Å². The van der Waals surface area contributed by atoms with Gasteiger partial charge in [-0.1, -0.05) is 54.1 Å². The molecular weight excluding hydrogens is 192 g/mol. The van der Waals surface area contributed by atoms with Gasteiger partial charge in [-0.25, -0.2) is 0 Å². The van der Waals surface area contributed by atoms with Crippen LogP contribution in [-0.2, 0) is 0 Å². The fourth-order valence-electron chi connectivity index (χ4n) is 1.48. The molecule has 0 aliphatic rings. The molecule has 0 amide bonds. The van der Waals surface area contributed by atoms with Gasteiger partial charge in [-0.3, -0.25) is 0 Å². The van der Waals surface area contributed by atoms with Crippen LogP contribution in [0.5, 0.6) is 0 Å². The lowest BCUT2D eigenvalue weighted by atomic mass is 10.1. The van der Waals surface area contributed by atoms with Gasteiger partial charge in [-0.15, -0.1) is 6.58 Å². The number of hydrogen-bond acceptors (Lipinski definition) is 0. The lowest BCUT2D eigenvalue weighted by Gasteiger charge is -2.00. The number of hydrogen-bond donors (Lipinski definition) is 0. The molecule has 16 heavy (non-hydrogen) atoms. The van der Waals surface area contributed by atoms with E-state index in [2.05, 4.69) is 56.8 Å². The first-order valence-electron chi connectivity index (χ1n) is 5.74. The van der Waals surface area contributed by atoms with E-state index in [4.69, 9.17) is 0 Å². The Bertz CT molecular complexity index is 380. The molecule has 0 saturated heterocycles. The van der Waals surface area contributed by atoms with Crippen molar-refractivity contribution in [3.63, 3.8) is 0 Å². The summed E-state index contributed by atoms with van der Waals surface area (Å²) in [6.07, 6.45) is 8.51. The van der Waals surface area contributed by atoms with Gasteiger partial charge >= 0.3 is 0 Å². The van der Waals surface area contributed by atoms with Gasteiger partial charge in [0, 0.05) is 0 Å². The lowest BCUT2D eigenvalue weighted by Crippen LogP contribution is -1.78. The lowest BCUT2D eigenvalue weighted by molar-refractivity contribution is 0.980. The van der Waals surface area contributed by atoms with Crippen LogP contribution in [0.1, 0.15) is 32.3 Å². The van der Waals surface area contributed by atoms with Crippen molar-refractivity contribution < 1.29 is 0 Å². The predicted octanol–water partition coefficient (Wildman–Crippen LogP) is 5.00. The Labute approximate surface area is 99.0 Å². The third-order valence-corrected chi connectivity index (χ3v) is 2.59. The van der Waals surface area contributed by atoms with Crippen molar-refractivity contribution in [1.82, 2.24) is 0 Å². The predicted molar refractivity (Wildman–Crippen MR) is 73.3 cm³/mol. The van der Waals surface area contributed by atoms with E-state index in [-0.39, 0.29) is 0 Å². The fraction of sp³-hybridized carbons (Fsp3) is 0.250. The average molecular weight is 212 g/mol. The third-order valence-electron chi connectivity index (χ3n) is 2.59. The smallest absolute Gasteiger partial charge is 0.0227 e. The first-order valence-corrected chi connectivity index (χ1v) is 5.74. The zero-order chi connectivity index (χ0) is 11.8. The summed E-state index contributed by atoms with van der Waals surface area (Å²) in [6.45, 7) is 8.04. The largest absolute Gasteiger partial charge is 0.103 e. The van der Waals surface area contributed by atoms with E-state index in [9.17, 15) is 0 Å². The summed E-state index contributed by atoms with van der Waals surface area (Å²) in [4.78, 5) is 0. The molecule has 0 N–H and O–H groups in total. The molecule has 0 aliphatic carbocycles. The summed E-state index contributed by atoms with van der Waals surface area (Å²) >= 11 is 0. The monoisotopic (exact) mass is 212 g/mol. The SMILES string of the molecule is C=CCC/C(C)=C/C=C(\C)c1ccccc1. The summed E-state index contributed by atoms with van der Waals surface area (Å²) < 4.78 is 0. The Morgan fingerprint density at radius 1 is 1.12 bits per heavy atom. The number of rotatable bonds is 5. The van der Waals surface area contributed by atoms with Gasteiger partial charge in [-0.2, -0.15) is 0 Å². The Hall–Kier alpha value is -1.56. The summed E-state index contributed by atoms with van der Waals surface area (Å²) in [7, 11) is 0. The van der Waals surface area contributed by atoms with Crippen molar-refractivity contribution in [1.29, 1.82) is 0 Å².